The number of halogens is 3. The highest BCUT2D eigenvalue weighted by Crippen LogP contribution is 2.28. The molecular formula is C10H21F3N2. The van der Waals surface area contributed by atoms with Crippen molar-refractivity contribution < 1.29 is 13.2 Å². The van der Waals surface area contributed by atoms with Gasteiger partial charge in [-0.2, -0.15) is 13.2 Å². The number of nitrogens with two attached hydrogens (primary N) is 1. The molecule has 0 aromatic rings. The zero-order chi connectivity index (χ0) is 12.2. The van der Waals surface area contributed by atoms with Crippen LogP contribution in [-0.4, -0.2) is 36.8 Å². The third kappa shape index (κ3) is 4.38. The number of hydrogen-bond donors (Lipinski definition) is 1. The molecule has 0 bridgehead atoms. The molecule has 5 heteroatoms. The zero-order valence-electron chi connectivity index (χ0n) is 9.80. The van der Waals surface area contributed by atoms with E-state index in [1.807, 2.05) is 13.8 Å². The highest BCUT2D eigenvalue weighted by Gasteiger charge is 2.43. The molecule has 2 unspecified atom stereocenters. The summed E-state index contributed by atoms with van der Waals surface area (Å²) in [7, 11) is 1.51. The fourth-order valence-corrected chi connectivity index (χ4v) is 1.51. The van der Waals surface area contributed by atoms with E-state index in [2.05, 4.69) is 0 Å². The minimum atomic E-state index is -4.20. The molecule has 0 radical (unpaired) electrons. The van der Waals surface area contributed by atoms with Crippen molar-refractivity contribution in [3.8, 4) is 0 Å². The fourth-order valence-electron chi connectivity index (χ4n) is 1.51. The Morgan fingerprint density at radius 1 is 1.20 bits per heavy atom. The maximum atomic E-state index is 12.7. The molecule has 0 heterocycles. The van der Waals surface area contributed by atoms with Crippen LogP contribution in [0, 0.1) is 5.92 Å². The first-order chi connectivity index (χ1) is 6.71. The minimum absolute atomic E-state index is 0.0446. The summed E-state index contributed by atoms with van der Waals surface area (Å²) in [5.74, 6) is 0.192. The lowest BCUT2D eigenvalue weighted by Crippen LogP contribution is -2.50. The molecule has 2 atom stereocenters. The summed E-state index contributed by atoms with van der Waals surface area (Å²) in [6.45, 7) is 5.69. The Morgan fingerprint density at radius 2 is 1.67 bits per heavy atom. The molecule has 15 heavy (non-hydrogen) atoms. The quantitative estimate of drug-likeness (QED) is 0.779. The van der Waals surface area contributed by atoms with Gasteiger partial charge >= 0.3 is 6.18 Å². The summed E-state index contributed by atoms with van der Waals surface area (Å²) in [6, 6.07) is -1.54. The van der Waals surface area contributed by atoms with Crippen LogP contribution in [0.1, 0.15) is 27.2 Å². The Kier molecular flexibility index (Phi) is 5.59. The molecule has 0 amide bonds. The molecule has 0 saturated carbocycles. The number of alkyl halides is 3. The molecule has 2 nitrogen and oxygen atoms in total. The van der Waals surface area contributed by atoms with E-state index in [-0.39, 0.29) is 24.9 Å². The lowest BCUT2D eigenvalue weighted by atomic mass is 10.0. The van der Waals surface area contributed by atoms with Crippen molar-refractivity contribution in [2.45, 2.75) is 45.5 Å². The van der Waals surface area contributed by atoms with Crippen molar-refractivity contribution in [3.05, 3.63) is 0 Å². The normalized spacial score (nSPS) is 17.2. The molecule has 0 aromatic heterocycles. The predicted octanol–water partition coefficient (Wildman–Crippen LogP) is 2.24. The predicted molar refractivity (Wildman–Crippen MR) is 55.6 cm³/mol. The van der Waals surface area contributed by atoms with Crippen LogP contribution in [0.5, 0.6) is 0 Å². The number of rotatable bonds is 5. The third-order valence-electron chi connectivity index (χ3n) is 2.92. The highest BCUT2D eigenvalue weighted by atomic mass is 19.4. The van der Waals surface area contributed by atoms with E-state index < -0.39 is 12.2 Å². The van der Waals surface area contributed by atoms with Crippen molar-refractivity contribution >= 4 is 0 Å². The minimum Gasteiger partial charge on any atom is -0.330 e. The van der Waals surface area contributed by atoms with Crippen molar-refractivity contribution in [2.75, 3.05) is 13.6 Å². The van der Waals surface area contributed by atoms with Gasteiger partial charge < -0.3 is 5.73 Å². The van der Waals surface area contributed by atoms with Crippen molar-refractivity contribution in [1.29, 1.82) is 0 Å². The smallest absolute Gasteiger partial charge is 0.330 e. The first-order valence-corrected chi connectivity index (χ1v) is 5.20. The maximum absolute atomic E-state index is 12.7. The van der Waals surface area contributed by atoms with Gasteiger partial charge in [0, 0.05) is 6.04 Å². The summed E-state index contributed by atoms with van der Waals surface area (Å²) >= 11 is 0. The Labute approximate surface area is 89.6 Å². The second kappa shape index (κ2) is 5.70. The molecule has 0 aromatic carbocycles. The third-order valence-corrected chi connectivity index (χ3v) is 2.92. The van der Waals surface area contributed by atoms with Crippen LogP contribution in [0.25, 0.3) is 0 Å². The van der Waals surface area contributed by atoms with E-state index >= 15 is 0 Å². The monoisotopic (exact) mass is 226 g/mol. The zero-order valence-corrected chi connectivity index (χ0v) is 9.80. The van der Waals surface area contributed by atoms with E-state index in [1.165, 1.54) is 11.9 Å². The first-order valence-electron chi connectivity index (χ1n) is 5.20. The Morgan fingerprint density at radius 3 is 1.93 bits per heavy atom. The lowest BCUT2D eigenvalue weighted by molar-refractivity contribution is -0.187. The van der Waals surface area contributed by atoms with Gasteiger partial charge in [-0.15, -0.1) is 0 Å². The first kappa shape index (κ1) is 14.7. The Bertz CT molecular complexity index is 180. The molecule has 0 fully saturated rings. The lowest BCUT2D eigenvalue weighted by Gasteiger charge is -2.36. The summed E-state index contributed by atoms with van der Waals surface area (Å²) < 4.78 is 38.1. The molecule has 0 rings (SSSR count). The Balaban J connectivity index is 4.62. The van der Waals surface area contributed by atoms with Crippen LogP contribution in [0.15, 0.2) is 0 Å². The second-order valence-corrected chi connectivity index (χ2v) is 4.28. The highest BCUT2D eigenvalue weighted by molar-refractivity contribution is 4.81. The number of nitrogens with zero attached hydrogens (tertiary/aromatic N) is 1. The fraction of sp³-hybridized carbons (Fsp3) is 1.00. The van der Waals surface area contributed by atoms with Gasteiger partial charge in [0.05, 0.1) is 0 Å². The SMILES string of the molecule is CC(C)C(C)N(C)C(CCN)C(F)(F)F. The van der Waals surface area contributed by atoms with Crippen molar-refractivity contribution in [1.82, 2.24) is 4.90 Å². The average molecular weight is 226 g/mol. The molecule has 2 N–H and O–H groups in total. The van der Waals surface area contributed by atoms with Crippen LogP contribution in [0.4, 0.5) is 13.2 Å². The molecular weight excluding hydrogens is 205 g/mol. The summed E-state index contributed by atoms with van der Waals surface area (Å²) in [4.78, 5) is 1.37. The van der Waals surface area contributed by atoms with Gasteiger partial charge in [0.2, 0.25) is 0 Å². The standard InChI is InChI=1S/C10H21F3N2/c1-7(2)8(3)15(4)9(5-6-14)10(11,12)13/h7-9H,5-6,14H2,1-4H3. The van der Waals surface area contributed by atoms with E-state index in [0.717, 1.165) is 0 Å². The Hall–Kier alpha value is -0.290. The number of hydrogen-bond acceptors (Lipinski definition) is 2. The summed E-state index contributed by atoms with van der Waals surface area (Å²) in [6.07, 6.45) is -4.24. The molecule has 0 aliphatic carbocycles. The van der Waals surface area contributed by atoms with Gasteiger partial charge in [0.25, 0.3) is 0 Å². The van der Waals surface area contributed by atoms with Crippen molar-refractivity contribution in [2.24, 2.45) is 11.7 Å². The molecule has 92 valence electrons. The van der Waals surface area contributed by atoms with Gasteiger partial charge in [-0.3, -0.25) is 4.90 Å². The van der Waals surface area contributed by atoms with E-state index in [1.54, 1.807) is 6.92 Å². The maximum Gasteiger partial charge on any atom is 0.404 e. The van der Waals surface area contributed by atoms with Gasteiger partial charge in [0.1, 0.15) is 6.04 Å². The molecule has 0 aliphatic heterocycles. The summed E-state index contributed by atoms with van der Waals surface area (Å²) in [5, 5.41) is 0. The van der Waals surface area contributed by atoms with E-state index in [0.29, 0.717) is 0 Å². The van der Waals surface area contributed by atoms with E-state index in [4.69, 9.17) is 5.73 Å². The van der Waals surface area contributed by atoms with Crippen molar-refractivity contribution in [3.63, 3.8) is 0 Å². The van der Waals surface area contributed by atoms with E-state index in [9.17, 15) is 13.2 Å². The second-order valence-electron chi connectivity index (χ2n) is 4.28. The van der Waals surface area contributed by atoms with Crippen LogP contribution >= 0.6 is 0 Å². The van der Waals surface area contributed by atoms with Crippen LogP contribution < -0.4 is 5.73 Å². The van der Waals surface area contributed by atoms with Gasteiger partial charge in [-0.05, 0) is 32.9 Å². The molecule has 0 aliphatic rings. The summed E-state index contributed by atoms with van der Waals surface area (Å²) in [5.41, 5.74) is 5.21. The van der Waals surface area contributed by atoms with Gasteiger partial charge in [0.15, 0.2) is 0 Å². The largest absolute Gasteiger partial charge is 0.404 e. The average Bonchev–Trinajstić information content (AvgIpc) is 2.09. The van der Waals surface area contributed by atoms with Gasteiger partial charge in [-0.1, -0.05) is 13.8 Å². The van der Waals surface area contributed by atoms with Crippen LogP contribution in [0.2, 0.25) is 0 Å². The van der Waals surface area contributed by atoms with Crippen LogP contribution in [-0.2, 0) is 0 Å². The van der Waals surface area contributed by atoms with Crippen LogP contribution in [0.3, 0.4) is 0 Å². The molecule has 0 saturated heterocycles. The molecule has 0 spiro atoms. The topological polar surface area (TPSA) is 29.3 Å². The van der Waals surface area contributed by atoms with Gasteiger partial charge in [-0.25, -0.2) is 0 Å².